The van der Waals surface area contributed by atoms with Crippen LogP contribution in [-0.4, -0.2) is 63.9 Å². The summed E-state index contributed by atoms with van der Waals surface area (Å²) >= 11 is 0. The Bertz CT molecular complexity index is 724. The highest BCUT2D eigenvalue weighted by Gasteiger charge is 2.25. The molecule has 1 fully saturated rings. The molecule has 3 rings (SSSR count). The molecule has 0 spiro atoms. The fourth-order valence-corrected chi connectivity index (χ4v) is 3.15. The predicted octanol–water partition coefficient (Wildman–Crippen LogP) is 2.16. The third-order valence-corrected chi connectivity index (χ3v) is 4.66. The normalized spacial score (nSPS) is 18.1. The lowest BCUT2D eigenvalue weighted by atomic mass is 10.2. The van der Waals surface area contributed by atoms with Gasteiger partial charge in [-0.25, -0.2) is 4.68 Å². The van der Waals surface area contributed by atoms with Crippen molar-refractivity contribution in [1.29, 1.82) is 0 Å². The zero-order valence-electron chi connectivity index (χ0n) is 14.9. The van der Waals surface area contributed by atoms with Crippen LogP contribution in [0.1, 0.15) is 28.9 Å². The van der Waals surface area contributed by atoms with Crippen LogP contribution in [0.5, 0.6) is 0 Å². The number of hydrogen-bond acceptors (Lipinski definition) is 4. The molecule has 25 heavy (non-hydrogen) atoms. The Hall–Kier alpha value is -2.47. The summed E-state index contributed by atoms with van der Waals surface area (Å²) in [6.07, 6.45) is 8.10. The molecule has 6 heteroatoms. The van der Waals surface area contributed by atoms with Gasteiger partial charge in [0, 0.05) is 19.6 Å². The van der Waals surface area contributed by atoms with Crippen LogP contribution >= 0.6 is 0 Å². The summed E-state index contributed by atoms with van der Waals surface area (Å²) in [7, 11) is 3.95. The summed E-state index contributed by atoms with van der Waals surface area (Å²) in [6, 6.07) is 10.5. The van der Waals surface area contributed by atoms with E-state index in [9.17, 15) is 4.79 Å². The van der Waals surface area contributed by atoms with Crippen molar-refractivity contribution in [3.05, 3.63) is 53.9 Å². The van der Waals surface area contributed by atoms with Gasteiger partial charge in [-0.3, -0.25) is 4.79 Å². The summed E-state index contributed by atoms with van der Waals surface area (Å²) in [5.74, 6) is -0.0708. The number of carbonyl (C=O) groups excluding carboxylic acids is 1. The highest BCUT2D eigenvalue weighted by atomic mass is 16.2. The van der Waals surface area contributed by atoms with Gasteiger partial charge < -0.3 is 9.80 Å². The first-order valence-electron chi connectivity index (χ1n) is 8.71. The molecule has 1 aromatic carbocycles. The van der Waals surface area contributed by atoms with Crippen molar-refractivity contribution in [2.75, 3.05) is 27.2 Å². The summed E-state index contributed by atoms with van der Waals surface area (Å²) < 4.78 is 1.68. The lowest BCUT2D eigenvalue weighted by molar-refractivity contribution is 0.0755. The summed E-state index contributed by atoms with van der Waals surface area (Å²) in [5, 5.41) is 8.09. The molecule has 0 aliphatic carbocycles. The maximum absolute atomic E-state index is 12.5. The van der Waals surface area contributed by atoms with E-state index >= 15 is 0 Å². The number of benzene rings is 1. The fourth-order valence-electron chi connectivity index (χ4n) is 3.15. The zero-order chi connectivity index (χ0) is 17.6. The molecule has 0 unspecified atom stereocenters. The monoisotopic (exact) mass is 339 g/mol. The van der Waals surface area contributed by atoms with Crippen LogP contribution < -0.4 is 0 Å². The average molecular weight is 339 g/mol. The number of aromatic nitrogens is 3. The molecule has 1 aromatic heterocycles. The summed E-state index contributed by atoms with van der Waals surface area (Å²) in [6.45, 7) is 2.43. The van der Waals surface area contributed by atoms with Gasteiger partial charge in [0.25, 0.3) is 5.91 Å². The number of allylic oxidation sites excluding steroid dienone is 1. The molecule has 1 atom stereocenters. The third-order valence-electron chi connectivity index (χ3n) is 4.66. The Kier molecular flexibility index (Phi) is 5.60. The first kappa shape index (κ1) is 17.4. The topological polar surface area (TPSA) is 54.3 Å². The summed E-state index contributed by atoms with van der Waals surface area (Å²) in [5.41, 5.74) is 1.54. The Morgan fingerprint density at radius 1 is 1.36 bits per heavy atom. The molecule has 2 heterocycles. The number of rotatable bonds is 6. The molecular weight excluding hydrogens is 314 g/mol. The largest absolute Gasteiger partial charge is 0.339 e. The van der Waals surface area contributed by atoms with Gasteiger partial charge in [0.2, 0.25) is 0 Å². The Morgan fingerprint density at radius 3 is 2.88 bits per heavy atom. The molecule has 0 bridgehead atoms. The minimum absolute atomic E-state index is 0.0708. The third kappa shape index (κ3) is 4.54. The lowest BCUT2D eigenvalue weighted by Crippen LogP contribution is -2.39. The van der Waals surface area contributed by atoms with Gasteiger partial charge in [0.1, 0.15) is 0 Å². The highest BCUT2D eigenvalue weighted by Crippen LogP contribution is 2.16. The van der Waals surface area contributed by atoms with Gasteiger partial charge in [-0.1, -0.05) is 47.7 Å². The van der Waals surface area contributed by atoms with E-state index in [0.29, 0.717) is 18.3 Å². The molecule has 1 aliphatic rings. The van der Waals surface area contributed by atoms with E-state index in [1.54, 1.807) is 15.8 Å². The van der Waals surface area contributed by atoms with Crippen LogP contribution in [0.2, 0.25) is 0 Å². The van der Waals surface area contributed by atoms with Gasteiger partial charge in [0.05, 0.1) is 12.7 Å². The fraction of sp³-hybridized carbons (Fsp3) is 0.421. The number of amides is 1. The van der Waals surface area contributed by atoms with Crippen molar-refractivity contribution in [2.24, 2.45) is 0 Å². The highest BCUT2D eigenvalue weighted by molar-refractivity contribution is 5.91. The lowest BCUT2D eigenvalue weighted by Gasteiger charge is -2.25. The second-order valence-electron chi connectivity index (χ2n) is 6.60. The van der Waals surface area contributed by atoms with E-state index in [1.165, 1.54) is 6.42 Å². The Labute approximate surface area is 148 Å². The Morgan fingerprint density at radius 2 is 2.16 bits per heavy atom. The second kappa shape index (κ2) is 8.07. The Balaban J connectivity index is 1.55. The molecule has 1 amide bonds. The predicted molar refractivity (Wildman–Crippen MR) is 98.1 cm³/mol. The molecule has 0 radical (unpaired) electrons. The van der Waals surface area contributed by atoms with Gasteiger partial charge in [-0.15, -0.1) is 5.10 Å². The van der Waals surface area contributed by atoms with Crippen molar-refractivity contribution < 1.29 is 4.79 Å². The smallest absolute Gasteiger partial charge is 0.275 e. The molecule has 132 valence electrons. The van der Waals surface area contributed by atoms with Crippen LogP contribution in [0, 0.1) is 0 Å². The molecule has 0 saturated carbocycles. The van der Waals surface area contributed by atoms with E-state index in [1.807, 2.05) is 49.5 Å². The number of hydrogen-bond donors (Lipinski definition) is 0. The average Bonchev–Trinajstić information content (AvgIpc) is 3.25. The van der Waals surface area contributed by atoms with Crippen LogP contribution in [-0.2, 0) is 6.54 Å². The van der Waals surface area contributed by atoms with Crippen molar-refractivity contribution in [3.63, 3.8) is 0 Å². The van der Waals surface area contributed by atoms with Gasteiger partial charge >= 0.3 is 0 Å². The van der Waals surface area contributed by atoms with E-state index < -0.39 is 0 Å². The molecular formula is C19H25N5O. The first-order chi connectivity index (χ1) is 12.1. The minimum Gasteiger partial charge on any atom is -0.339 e. The van der Waals surface area contributed by atoms with E-state index in [0.717, 1.165) is 25.1 Å². The van der Waals surface area contributed by atoms with E-state index in [4.69, 9.17) is 0 Å². The summed E-state index contributed by atoms with van der Waals surface area (Å²) in [4.78, 5) is 16.6. The molecule has 2 aromatic rings. The van der Waals surface area contributed by atoms with Crippen molar-refractivity contribution in [1.82, 2.24) is 24.8 Å². The van der Waals surface area contributed by atoms with Crippen molar-refractivity contribution in [2.45, 2.75) is 25.4 Å². The van der Waals surface area contributed by atoms with Crippen LogP contribution in [0.25, 0.3) is 6.08 Å². The van der Waals surface area contributed by atoms with Crippen LogP contribution in [0.4, 0.5) is 0 Å². The SMILES string of the molecule is CN(C[C@@H]1CCCN1C)C(=O)c1cn(C/C=C/c2ccccc2)nn1. The standard InChI is InChI=1S/C19H25N5O/c1-22-12-7-11-17(22)14-23(2)19(25)18-15-24(21-20-18)13-6-10-16-8-4-3-5-9-16/h3-6,8-10,15,17H,7,11-14H2,1-2H3/b10-6+/t17-/m0/s1. The zero-order valence-corrected chi connectivity index (χ0v) is 14.9. The van der Waals surface area contributed by atoms with Crippen LogP contribution in [0.15, 0.2) is 42.6 Å². The van der Waals surface area contributed by atoms with E-state index in [2.05, 4.69) is 22.3 Å². The van der Waals surface area contributed by atoms with Crippen LogP contribution in [0.3, 0.4) is 0 Å². The molecule has 0 N–H and O–H groups in total. The second-order valence-corrected chi connectivity index (χ2v) is 6.60. The first-order valence-corrected chi connectivity index (χ1v) is 8.71. The van der Waals surface area contributed by atoms with E-state index in [-0.39, 0.29) is 5.91 Å². The maximum atomic E-state index is 12.5. The van der Waals surface area contributed by atoms with Gasteiger partial charge in [0.15, 0.2) is 5.69 Å². The number of nitrogens with zero attached hydrogens (tertiary/aromatic N) is 5. The number of likely N-dealkylation sites (N-methyl/N-ethyl adjacent to an activating group) is 2. The number of likely N-dealkylation sites (tertiary alicyclic amines) is 1. The van der Waals surface area contributed by atoms with Crippen molar-refractivity contribution in [3.8, 4) is 0 Å². The molecule has 6 nitrogen and oxygen atoms in total. The molecule has 1 aliphatic heterocycles. The van der Waals surface area contributed by atoms with Gasteiger partial charge in [-0.2, -0.15) is 0 Å². The van der Waals surface area contributed by atoms with Crippen molar-refractivity contribution >= 4 is 12.0 Å². The number of carbonyl (C=O) groups is 1. The molecule has 1 saturated heterocycles. The minimum atomic E-state index is -0.0708. The van der Waals surface area contributed by atoms with Gasteiger partial charge in [-0.05, 0) is 32.0 Å². The maximum Gasteiger partial charge on any atom is 0.275 e. The quantitative estimate of drug-likeness (QED) is 0.809.